The first-order valence-corrected chi connectivity index (χ1v) is 10.1. The third kappa shape index (κ3) is 12.4. The third-order valence-corrected chi connectivity index (χ3v) is 4.18. The first kappa shape index (κ1) is 27.8. The van der Waals surface area contributed by atoms with Gasteiger partial charge in [0.1, 0.15) is 0 Å². The van der Waals surface area contributed by atoms with Crippen LogP contribution >= 0.6 is 0 Å². The van der Waals surface area contributed by atoms with Crippen molar-refractivity contribution < 1.29 is 4.79 Å². The van der Waals surface area contributed by atoms with Crippen LogP contribution in [-0.2, 0) is 4.79 Å². The number of hydrogen-bond donors (Lipinski definition) is 1. The van der Waals surface area contributed by atoms with Crippen LogP contribution in [0.25, 0.3) is 0 Å². The van der Waals surface area contributed by atoms with Crippen molar-refractivity contribution in [3.05, 3.63) is 23.4 Å². The highest BCUT2D eigenvalue weighted by Crippen LogP contribution is 2.24. The van der Waals surface area contributed by atoms with E-state index in [-0.39, 0.29) is 5.78 Å². The van der Waals surface area contributed by atoms with Gasteiger partial charge in [-0.1, -0.05) is 67.9 Å². The first-order valence-electron chi connectivity index (χ1n) is 10.1. The summed E-state index contributed by atoms with van der Waals surface area (Å²) in [6.07, 6.45) is 6.36. The predicted molar refractivity (Wildman–Crippen MR) is 111 cm³/mol. The Morgan fingerprint density at radius 1 is 0.833 bits per heavy atom. The second-order valence-corrected chi connectivity index (χ2v) is 5.74. The van der Waals surface area contributed by atoms with E-state index in [1.165, 1.54) is 32.1 Å². The molecule has 0 aliphatic heterocycles. The van der Waals surface area contributed by atoms with Gasteiger partial charge < -0.3 is 5.32 Å². The molecule has 0 bridgehead atoms. The minimum absolute atomic E-state index is 0.130. The fourth-order valence-corrected chi connectivity index (χ4v) is 2.48. The molecule has 2 nitrogen and oxygen atoms in total. The van der Waals surface area contributed by atoms with E-state index in [0.717, 1.165) is 22.8 Å². The molecule has 0 spiro atoms. The van der Waals surface area contributed by atoms with Crippen LogP contribution in [0.15, 0.2) is 23.4 Å². The molecule has 0 aromatic carbocycles. The van der Waals surface area contributed by atoms with Gasteiger partial charge in [0.2, 0.25) is 0 Å². The van der Waals surface area contributed by atoms with Crippen LogP contribution in [0.1, 0.15) is 101 Å². The summed E-state index contributed by atoms with van der Waals surface area (Å²) in [5.74, 6) is 0.977. The maximum absolute atomic E-state index is 11.4. The summed E-state index contributed by atoms with van der Waals surface area (Å²) < 4.78 is 0. The monoisotopic (exact) mass is 339 g/mol. The zero-order valence-electron chi connectivity index (χ0n) is 18.3. The molecule has 24 heavy (non-hydrogen) atoms. The summed E-state index contributed by atoms with van der Waals surface area (Å²) in [6, 6.07) is 0.525. The van der Waals surface area contributed by atoms with Crippen LogP contribution in [0.3, 0.4) is 0 Å². The van der Waals surface area contributed by atoms with Gasteiger partial charge in [0.25, 0.3) is 0 Å². The Morgan fingerprint density at radius 3 is 1.79 bits per heavy atom. The zero-order valence-corrected chi connectivity index (χ0v) is 18.3. The van der Waals surface area contributed by atoms with Crippen LogP contribution < -0.4 is 5.32 Å². The molecular weight excluding hydrogens is 294 g/mol. The zero-order chi connectivity index (χ0) is 19.7. The number of allylic oxidation sites excluding steroid dienone is 2. The number of carbonyl (C=O) groups excluding carboxylic acids is 1. The summed E-state index contributed by atoms with van der Waals surface area (Å²) in [5, 5.41) is 3.51. The normalized spacial score (nSPS) is 20.2. The van der Waals surface area contributed by atoms with Gasteiger partial charge in [-0.25, -0.2) is 0 Å². The minimum atomic E-state index is 0.130. The molecule has 1 aliphatic rings. The molecule has 0 saturated heterocycles. The molecule has 1 N–H and O–H groups in total. The van der Waals surface area contributed by atoms with Gasteiger partial charge in [0.15, 0.2) is 5.78 Å². The fraction of sp³-hybridized carbons (Fsp3) is 0.773. The van der Waals surface area contributed by atoms with Crippen LogP contribution in [0.4, 0.5) is 0 Å². The second-order valence-electron chi connectivity index (χ2n) is 5.74. The standard InChI is InChI=1S/C16H27NO.3C2H6/c1-11-7-6-8-16(10-9-11)17-14(4)12(2)13(3)15(5)18;3*1-2/h11,16-17H,4,6-10H2,1-3,5H3;3*1-2H3/b13-12+;;;. The summed E-state index contributed by atoms with van der Waals surface area (Å²) in [4.78, 5) is 11.4. The van der Waals surface area contributed by atoms with Crippen molar-refractivity contribution in [2.45, 2.75) is 107 Å². The van der Waals surface area contributed by atoms with Gasteiger partial charge in [-0.15, -0.1) is 0 Å². The molecule has 0 aromatic rings. The third-order valence-electron chi connectivity index (χ3n) is 4.18. The second kappa shape index (κ2) is 18.3. The number of rotatable bonds is 4. The topological polar surface area (TPSA) is 29.1 Å². The van der Waals surface area contributed by atoms with Crippen LogP contribution in [0, 0.1) is 5.92 Å². The molecule has 0 heterocycles. The Bertz CT molecular complexity index is 355. The molecule has 1 saturated carbocycles. The molecule has 0 amide bonds. The lowest BCUT2D eigenvalue weighted by Crippen LogP contribution is -2.28. The average molecular weight is 340 g/mol. The van der Waals surface area contributed by atoms with Gasteiger partial charge in [0.05, 0.1) is 0 Å². The van der Waals surface area contributed by atoms with Gasteiger partial charge >= 0.3 is 0 Å². The summed E-state index contributed by atoms with van der Waals surface area (Å²) in [7, 11) is 0. The SMILES string of the molecule is C=C(NC1CCCC(C)CC1)/C(C)=C(\C)C(C)=O.CC.CC.CC. The molecule has 1 aliphatic carbocycles. The van der Waals surface area contributed by atoms with Crippen molar-refractivity contribution in [1.82, 2.24) is 5.32 Å². The summed E-state index contributed by atoms with van der Waals surface area (Å²) in [6.45, 7) is 23.9. The molecule has 2 heteroatoms. The molecule has 144 valence electrons. The van der Waals surface area contributed by atoms with Crippen LogP contribution in [0.2, 0.25) is 0 Å². The molecule has 1 fully saturated rings. The van der Waals surface area contributed by atoms with Crippen molar-refractivity contribution in [2.24, 2.45) is 5.92 Å². The van der Waals surface area contributed by atoms with Crippen LogP contribution in [-0.4, -0.2) is 11.8 Å². The quantitative estimate of drug-likeness (QED) is 0.337. The van der Waals surface area contributed by atoms with E-state index in [4.69, 9.17) is 0 Å². The molecular formula is C22H45NO. The van der Waals surface area contributed by atoms with Crippen LogP contribution in [0.5, 0.6) is 0 Å². The highest BCUT2D eigenvalue weighted by molar-refractivity contribution is 5.94. The van der Waals surface area contributed by atoms with Gasteiger partial charge in [0, 0.05) is 11.7 Å². The Kier molecular flexibility index (Phi) is 21.2. The van der Waals surface area contributed by atoms with E-state index >= 15 is 0 Å². The number of hydrogen-bond acceptors (Lipinski definition) is 2. The Hall–Kier alpha value is -1.05. The maximum atomic E-state index is 11.4. The van der Waals surface area contributed by atoms with E-state index in [2.05, 4.69) is 18.8 Å². The van der Waals surface area contributed by atoms with E-state index in [1.807, 2.05) is 55.4 Å². The van der Waals surface area contributed by atoms with Crippen molar-refractivity contribution in [1.29, 1.82) is 0 Å². The minimum Gasteiger partial charge on any atom is -0.383 e. The maximum Gasteiger partial charge on any atom is 0.155 e. The lowest BCUT2D eigenvalue weighted by Gasteiger charge is -2.20. The van der Waals surface area contributed by atoms with Crippen molar-refractivity contribution in [2.75, 3.05) is 0 Å². The van der Waals surface area contributed by atoms with E-state index in [9.17, 15) is 4.79 Å². The highest BCUT2D eigenvalue weighted by atomic mass is 16.1. The van der Waals surface area contributed by atoms with Crippen molar-refractivity contribution >= 4 is 5.78 Å². The number of carbonyl (C=O) groups is 1. The largest absolute Gasteiger partial charge is 0.383 e. The lowest BCUT2D eigenvalue weighted by atomic mass is 10.0. The fourth-order valence-electron chi connectivity index (χ4n) is 2.48. The summed E-state index contributed by atoms with van der Waals surface area (Å²) in [5.41, 5.74) is 2.73. The highest BCUT2D eigenvalue weighted by Gasteiger charge is 2.17. The molecule has 2 atom stereocenters. The van der Waals surface area contributed by atoms with E-state index < -0.39 is 0 Å². The van der Waals surface area contributed by atoms with E-state index in [1.54, 1.807) is 6.92 Å². The molecule has 2 unspecified atom stereocenters. The Balaban J connectivity index is -0.000000659. The van der Waals surface area contributed by atoms with Crippen molar-refractivity contribution in [3.8, 4) is 0 Å². The van der Waals surface area contributed by atoms with E-state index in [0.29, 0.717) is 6.04 Å². The van der Waals surface area contributed by atoms with Gasteiger partial charge in [-0.05, 0) is 57.1 Å². The van der Waals surface area contributed by atoms with Crippen molar-refractivity contribution in [3.63, 3.8) is 0 Å². The summed E-state index contributed by atoms with van der Waals surface area (Å²) >= 11 is 0. The molecule has 1 rings (SSSR count). The van der Waals surface area contributed by atoms with Gasteiger partial charge in [-0.3, -0.25) is 4.79 Å². The molecule has 0 radical (unpaired) electrons. The predicted octanol–water partition coefficient (Wildman–Crippen LogP) is 7.06. The van der Waals surface area contributed by atoms with Gasteiger partial charge in [-0.2, -0.15) is 0 Å². The number of Topliss-reactive ketones (excluding diaryl/α,β-unsaturated/α-hetero) is 1. The average Bonchev–Trinajstić information content (AvgIpc) is 2.83. The number of ketones is 1. The Morgan fingerprint density at radius 2 is 1.33 bits per heavy atom. The molecule has 0 aromatic heterocycles. The number of nitrogens with one attached hydrogen (secondary N) is 1. The lowest BCUT2D eigenvalue weighted by molar-refractivity contribution is -0.113. The first-order chi connectivity index (χ1) is 11.4. The Labute approximate surface area is 153 Å². The smallest absolute Gasteiger partial charge is 0.155 e.